The van der Waals surface area contributed by atoms with Crippen LogP contribution in [0.4, 0.5) is 0 Å². The van der Waals surface area contributed by atoms with Crippen LogP contribution in [-0.4, -0.2) is 39.1 Å². The van der Waals surface area contributed by atoms with Gasteiger partial charge in [-0.1, -0.05) is 18.6 Å². The van der Waals surface area contributed by atoms with E-state index in [9.17, 15) is 19.8 Å². The van der Waals surface area contributed by atoms with Crippen LogP contribution in [0.2, 0.25) is 0 Å². The van der Waals surface area contributed by atoms with E-state index in [1.54, 1.807) is 23.9 Å². The molecule has 0 aliphatic carbocycles. The minimum absolute atomic E-state index is 0.133. The Balaban J connectivity index is 1.96. The van der Waals surface area contributed by atoms with E-state index in [1.165, 1.54) is 12.1 Å². The van der Waals surface area contributed by atoms with Crippen molar-refractivity contribution >= 4 is 23.6 Å². The second kappa shape index (κ2) is 7.36. The van der Waals surface area contributed by atoms with Crippen molar-refractivity contribution in [3.05, 3.63) is 29.8 Å². The van der Waals surface area contributed by atoms with Crippen molar-refractivity contribution in [2.24, 2.45) is 0 Å². The first kappa shape index (κ1) is 15.7. The second-order valence-corrected chi connectivity index (χ2v) is 6.44. The summed E-state index contributed by atoms with van der Waals surface area (Å²) in [6.45, 7) is 0. The minimum atomic E-state index is -1.04. The highest BCUT2D eigenvalue weighted by Crippen LogP contribution is 2.25. The average Bonchev–Trinajstić information content (AvgIpc) is 2.49. The van der Waals surface area contributed by atoms with Crippen molar-refractivity contribution in [3.8, 4) is 5.75 Å². The third-order valence-corrected chi connectivity index (χ3v) is 4.84. The summed E-state index contributed by atoms with van der Waals surface area (Å²) in [7, 11) is 0. The standard InChI is InChI=1S/C15H19NO4S/c17-11-6-4-10(5-7-11)9-12(15(19)20)16-14(18)13-3-1-2-8-21-13/h4-7,12-13,17H,1-3,8-9H2,(H,16,18)(H,19,20)/t12-,13?/m1/s1. The van der Waals surface area contributed by atoms with Crippen molar-refractivity contribution in [3.63, 3.8) is 0 Å². The van der Waals surface area contributed by atoms with Crippen molar-refractivity contribution in [2.75, 3.05) is 5.75 Å². The van der Waals surface area contributed by atoms with Gasteiger partial charge in [0.2, 0.25) is 5.91 Å². The molecule has 3 N–H and O–H groups in total. The van der Waals surface area contributed by atoms with E-state index in [-0.39, 0.29) is 23.3 Å². The first-order chi connectivity index (χ1) is 10.1. The molecule has 1 aromatic carbocycles. The van der Waals surface area contributed by atoms with Gasteiger partial charge < -0.3 is 15.5 Å². The maximum atomic E-state index is 12.1. The van der Waals surface area contributed by atoms with Gasteiger partial charge in [0.1, 0.15) is 11.8 Å². The van der Waals surface area contributed by atoms with Crippen molar-refractivity contribution in [1.29, 1.82) is 0 Å². The normalized spacial score (nSPS) is 19.7. The van der Waals surface area contributed by atoms with Gasteiger partial charge in [0.15, 0.2) is 0 Å². The fourth-order valence-electron chi connectivity index (χ4n) is 2.28. The van der Waals surface area contributed by atoms with E-state index >= 15 is 0 Å². The Morgan fingerprint density at radius 1 is 1.29 bits per heavy atom. The van der Waals surface area contributed by atoms with Gasteiger partial charge in [-0.2, -0.15) is 0 Å². The van der Waals surface area contributed by atoms with Crippen LogP contribution >= 0.6 is 11.8 Å². The Morgan fingerprint density at radius 3 is 2.57 bits per heavy atom. The third kappa shape index (κ3) is 4.67. The van der Waals surface area contributed by atoms with Crippen LogP contribution in [-0.2, 0) is 16.0 Å². The van der Waals surface area contributed by atoms with Crippen LogP contribution in [0.1, 0.15) is 24.8 Å². The Labute approximate surface area is 127 Å². The summed E-state index contributed by atoms with van der Waals surface area (Å²) in [6.07, 6.45) is 3.14. The monoisotopic (exact) mass is 309 g/mol. The molecule has 1 unspecified atom stereocenters. The number of thioether (sulfide) groups is 1. The highest BCUT2D eigenvalue weighted by Gasteiger charge is 2.27. The zero-order valence-corrected chi connectivity index (χ0v) is 12.4. The molecule has 1 fully saturated rings. The topological polar surface area (TPSA) is 86.6 Å². The Morgan fingerprint density at radius 2 is 2.00 bits per heavy atom. The van der Waals surface area contributed by atoms with Crippen molar-refractivity contribution in [1.82, 2.24) is 5.32 Å². The lowest BCUT2D eigenvalue weighted by atomic mass is 10.1. The van der Waals surface area contributed by atoms with Gasteiger partial charge in [0.05, 0.1) is 5.25 Å². The fourth-order valence-corrected chi connectivity index (χ4v) is 3.49. The predicted molar refractivity (Wildman–Crippen MR) is 81.5 cm³/mol. The molecule has 0 saturated carbocycles. The lowest BCUT2D eigenvalue weighted by Crippen LogP contribution is -2.46. The summed E-state index contributed by atoms with van der Waals surface area (Å²) in [5.74, 6) is -0.148. The van der Waals surface area contributed by atoms with E-state index in [1.807, 2.05) is 0 Å². The SMILES string of the molecule is O=C(N[C@H](Cc1ccc(O)cc1)C(=O)O)C1CCCCS1. The van der Waals surface area contributed by atoms with Crippen LogP contribution in [0.15, 0.2) is 24.3 Å². The summed E-state index contributed by atoms with van der Waals surface area (Å²) >= 11 is 1.60. The Hall–Kier alpha value is -1.69. The Bertz CT molecular complexity index is 497. The van der Waals surface area contributed by atoms with Crippen molar-refractivity contribution in [2.45, 2.75) is 37.0 Å². The zero-order chi connectivity index (χ0) is 15.2. The van der Waals surface area contributed by atoms with E-state index in [2.05, 4.69) is 5.32 Å². The molecular formula is C15H19NO4S. The largest absolute Gasteiger partial charge is 0.508 e. The first-order valence-electron chi connectivity index (χ1n) is 6.99. The second-order valence-electron chi connectivity index (χ2n) is 5.13. The molecule has 21 heavy (non-hydrogen) atoms. The number of aromatic hydroxyl groups is 1. The molecule has 2 atom stereocenters. The number of aliphatic carboxylic acids is 1. The highest BCUT2D eigenvalue weighted by atomic mass is 32.2. The van der Waals surface area contributed by atoms with E-state index < -0.39 is 12.0 Å². The molecule has 114 valence electrons. The van der Waals surface area contributed by atoms with Crippen LogP contribution in [0.5, 0.6) is 5.75 Å². The molecule has 2 rings (SSSR count). The van der Waals surface area contributed by atoms with Gasteiger partial charge in [-0.3, -0.25) is 4.79 Å². The van der Waals surface area contributed by atoms with Gasteiger partial charge in [-0.15, -0.1) is 11.8 Å². The molecule has 1 aromatic rings. The van der Waals surface area contributed by atoms with Gasteiger partial charge in [0.25, 0.3) is 0 Å². The Kier molecular flexibility index (Phi) is 5.50. The minimum Gasteiger partial charge on any atom is -0.508 e. The van der Waals surface area contributed by atoms with E-state index in [0.29, 0.717) is 0 Å². The quantitative estimate of drug-likeness (QED) is 0.772. The lowest BCUT2D eigenvalue weighted by Gasteiger charge is -2.23. The van der Waals surface area contributed by atoms with Gasteiger partial charge in [-0.25, -0.2) is 4.79 Å². The number of carbonyl (C=O) groups excluding carboxylic acids is 1. The molecule has 1 heterocycles. The zero-order valence-electron chi connectivity index (χ0n) is 11.6. The number of phenols is 1. The molecule has 0 bridgehead atoms. The molecule has 0 aromatic heterocycles. The maximum Gasteiger partial charge on any atom is 0.326 e. The van der Waals surface area contributed by atoms with Gasteiger partial charge in [-0.05, 0) is 36.3 Å². The van der Waals surface area contributed by atoms with Crippen LogP contribution in [0, 0.1) is 0 Å². The average molecular weight is 309 g/mol. The van der Waals surface area contributed by atoms with E-state index in [0.717, 1.165) is 30.6 Å². The summed E-state index contributed by atoms with van der Waals surface area (Å²) in [5.41, 5.74) is 0.761. The molecule has 1 aliphatic heterocycles. The molecule has 1 aliphatic rings. The van der Waals surface area contributed by atoms with Crippen molar-refractivity contribution < 1.29 is 19.8 Å². The number of rotatable bonds is 5. The fraction of sp³-hybridized carbons (Fsp3) is 0.467. The number of hydrogen-bond donors (Lipinski definition) is 3. The molecule has 6 heteroatoms. The maximum absolute atomic E-state index is 12.1. The number of phenolic OH excluding ortho intramolecular Hbond substituents is 1. The number of benzene rings is 1. The lowest BCUT2D eigenvalue weighted by molar-refractivity contribution is -0.141. The van der Waals surface area contributed by atoms with Crippen LogP contribution in [0.3, 0.4) is 0 Å². The molecule has 0 spiro atoms. The van der Waals surface area contributed by atoms with Crippen LogP contribution in [0.25, 0.3) is 0 Å². The molecular weight excluding hydrogens is 290 g/mol. The summed E-state index contributed by atoms with van der Waals surface area (Å²) in [4.78, 5) is 23.4. The third-order valence-electron chi connectivity index (χ3n) is 3.46. The molecule has 0 radical (unpaired) electrons. The number of hydrogen-bond acceptors (Lipinski definition) is 4. The highest BCUT2D eigenvalue weighted by molar-refractivity contribution is 8.00. The molecule has 1 amide bonds. The number of carboxylic acid groups (broad SMARTS) is 1. The summed E-state index contributed by atoms with van der Waals surface area (Å²) in [5, 5.41) is 21.0. The summed E-state index contributed by atoms with van der Waals surface area (Å²) in [6, 6.07) is 5.39. The van der Waals surface area contributed by atoms with Gasteiger partial charge >= 0.3 is 5.97 Å². The number of carboxylic acids is 1. The smallest absolute Gasteiger partial charge is 0.326 e. The van der Waals surface area contributed by atoms with E-state index in [4.69, 9.17) is 0 Å². The number of amides is 1. The van der Waals surface area contributed by atoms with Crippen LogP contribution < -0.4 is 5.32 Å². The number of nitrogens with one attached hydrogen (secondary N) is 1. The molecule has 5 nitrogen and oxygen atoms in total. The predicted octanol–water partition coefficient (Wildman–Crippen LogP) is 1.79. The summed E-state index contributed by atoms with van der Waals surface area (Å²) < 4.78 is 0. The molecule has 1 saturated heterocycles. The first-order valence-corrected chi connectivity index (χ1v) is 8.04. The van der Waals surface area contributed by atoms with Gasteiger partial charge in [0, 0.05) is 6.42 Å². The number of carbonyl (C=O) groups is 2.